The van der Waals surface area contributed by atoms with Gasteiger partial charge in [-0.15, -0.1) is 24.8 Å². The summed E-state index contributed by atoms with van der Waals surface area (Å²) in [6.45, 7) is 0. The quantitative estimate of drug-likeness (QED) is 0.573. The van der Waals surface area contributed by atoms with Gasteiger partial charge in [0, 0.05) is 20.4 Å². The second-order valence-corrected chi connectivity index (χ2v) is 0. The van der Waals surface area contributed by atoms with E-state index in [-0.39, 0.29) is 69.8 Å². The third kappa shape index (κ3) is 156. The van der Waals surface area contributed by atoms with Crippen molar-refractivity contribution >= 4 is 24.8 Å². The number of halogens is 2. The first-order chi connectivity index (χ1) is 0. The van der Waals surface area contributed by atoms with E-state index in [0.717, 1.165) is 0 Å². The molecule has 0 atom stereocenters. The average Bonchev–Trinajstić information content (AvgIpc) is 0. The Morgan fingerprint density at radius 3 is 0.429 bits per heavy atom. The van der Waals surface area contributed by atoms with Crippen LogP contribution < -0.4 is 0 Å². The maximum Gasteiger partial charge on any atom is 0 e. The van der Waals surface area contributed by atoms with Crippen LogP contribution in [0.5, 0.6) is 0 Å². The molecule has 4 nitrogen and oxygen atoms in total. The zero-order valence-electron chi connectivity index (χ0n) is 3.44. The van der Waals surface area contributed by atoms with Gasteiger partial charge >= 0.3 is 0 Å². The maximum atomic E-state index is 0. The van der Waals surface area contributed by atoms with Crippen LogP contribution >= 0.6 is 24.8 Å². The molecule has 7 heteroatoms. The molecule has 0 spiro atoms. The molecular formula is H10Cl2N4Pd-4. The number of nitrogens with two attached hydrogens (primary N) is 4. The Kier molecular flexibility index (Phi) is 11100. The molecule has 0 rings (SSSR count). The summed E-state index contributed by atoms with van der Waals surface area (Å²) in [5.41, 5.74) is 0. The second-order valence-electron chi connectivity index (χ2n) is 0. The van der Waals surface area contributed by atoms with Gasteiger partial charge in [-0.1, -0.05) is 0 Å². The SMILES string of the molecule is Cl.Cl.[NH2-].[NH2-].[NH2-].[NH2-].[Pd]. The smallest absolute Gasteiger partial charge is 0 e. The van der Waals surface area contributed by atoms with Gasteiger partial charge in [0.1, 0.15) is 0 Å². The van der Waals surface area contributed by atoms with Crippen LogP contribution in [0.25, 0.3) is 24.6 Å². The summed E-state index contributed by atoms with van der Waals surface area (Å²) in [5.74, 6) is 0. The molecule has 7 heavy (non-hydrogen) atoms. The molecule has 0 saturated heterocycles. The minimum atomic E-state index is 0. The molecular weight excluding hydrogens is 233 g/mol. The molecule has 0 saturated carbocycles. The van der Waals surface area contributed by atoms with Crippen molar-refractivity contribution in [2.24, 2.45) is 0 Å². The monoisotopic (exact) mass is 242 g/mol. The third-order valence-electron chi connectivity index (χ3n) is 0. The van der Waals surface area contributed by atoms with E-state index in [1.165, 1.54) is 0 Å². The average molecular weight is 243 g/mol. The fourth-order valence-corrected chi connectivity index (χ4v) is 0. The Labute approximate surface area is 70.0 Å². The summed E-state index contributed by atoms with van der Waals surface area (Å²) in [4.78, 5) is 0. The predicted molar refractivity (Wildman–Crippen MR) is 35.6 cm³/mol. The summed E-state index contributed by atoms with van der Waals surface area (Å²) in [5, 5.41) is 0. The zero-order valence-corrected chi connectivity index (χ0v) is 6.63. The Morgan fingerprint density at radius 1 is 0.429 bits per heavy atom. The first-order valence-electron chi connectivity index (χ1n) is 0. The van der Waals surface area contributed by atoms with Crippen molar-refractivity contribution < 1.29 is 20.4 Å². The van der Waals surface area contributed by atoms with Crippen molar-refractivity contribution in [2.45, 2.75) is 0 Å². The fraction of sp³-hybridized carbons (Fsp3) is 0. The molecule has 0 fully saturated rings. The van der Waals surface area contributed by atoms with Gasteiger partial charge in [-0.3, -0.25) is 0 Å². The molecule has 0 aromatic carbocycles. The van der Waals surface area contributed by atoms with Crippen molar-refractivity contribution in [3.8, 4) is 0 Å². The van der Waals surface area contributed by atoms with E-state index < -0.39 is 0 Å². The Morgan fingerprint density at radius 2 is 0.429 bits per heavy atom. The van der Waals surface area contributed by atoms with Crippen LogP contribution in [-0.2, 0) is 20.4 Å². The van der Waals surface area contributed by atoms with E-state index in [2.05, 4.69) is 0 Å². The Hall–Kier alpha value is 1.08. The van der Waals surface area contributed by atoms with Crippen molar-refractivity contribution in [1.82, 2.24) is 0 Å². The van der Waals surface area contributed by atoms with E-state index in [9.17, 15) is 0 Å². The topological polar surface area (TPSA) is 134 Å². The molecule has 0 aliphatic rings. The molecule has 0 aliphatic heterocycles. The summed E-state index contributed by atoms with van der Waals surface area (Å²) in [6, 6.07) is 0. The van der Waals surface area contributed by atoms with Gasteiger partial charge in [0.15, 0.2) is 0 Å². The van der Waals surface area contributed by atoms with Crippen molar-refractivity contribution in [3.05, 3.63) is 24.6 Å². The maximum absolute atomic E-state index is 0. The molecule has 0 aliphatic carbocycles. The van der Waals surface area contributed by atoms with Gasteiger partial charge in [0.25, 0.3) is 0 Å². The molecule has 0 amide bonds. The van der Waals surface area contributed by atoms with Crippen molar-refractivity contribution in [1.29, 1.82) is 0 Å². The number of hydrogen-bond donors (Lipinski definition) is 0. The van der Waals surface area contributed by atoms with Gasteiger partial charge in [0.05, 0.1) is 0 Å². The molecule has 0 aromatic heterocycles. The molecule has 0 radical (unpaired) electrons. The van der Waals surface area contributed by atoms with Gasteiger partial charge in [-0.2, -0.15) is 0 Å². The van der Waals surface area contributed by atoms with Crippen LogP contribution in [0.4, 0.5) is 0 Å². The normalized spacial score (nSPS) is 0. The summed E-state index contributed by atoms with van der Waals surface area (Å²) >= 11 is 0. The summed E-state index contributed by atoms with van der Waals surface area (Å²) in [6.07, 6.45) is 0. The summed E-state index contributed by atoms with van der Waals surface area (Å²) < 4.78 is 0. The number of hydrogen-bond acceptors (Lipinski definition) is 0. The standard InChI is InChI=1S/2ClH.4H2N.Pd/h2*1H;4*1H2;/q;;4*-1;. The molecule has 0 aromatic rings. The third-order valence-corrected chi connectivity index (χ3v) is 0. The molecule has 8 N–H and O–H groups in total. The van der Waals surface area contributed by atoms with Crippen LogP contribution in [0, 0.1) is 0 Å². The summed E-state index contributed by atoms with van der Waals surface area (Å²) in [7, 11) is 0. The molecule has 0 unspecified atom stereocenters. The predicted octanol–water partition coefficient (Wildman–Crippen LogP) is 3.71. The molecule has 0 bridgehead atoms. The number of rotatable bonds is 0. The Balaban J connectivity index is 0. The van der Waals surface area contributed by atoms with Gasteiger partial charge in [-0.25, -0.2) is 0 Å². The first kappa shape index (κ1) is 346. The molecule has 58 valence electrons. The van der Waals surface area contributed by atoms with E-state index in [1.807, 2.05) is 0 Å². The van der Waals surface area contributed by atoms with Gasteiger partial charge < -0.3 is 24.6 Å². The van der Waals surface area contributed by atoms with Gasteiger partial charge in [0.2, 0.25) is 0 Å². The van der Waals surface area contributed by atoms with E-state index in [1.54, 1.807) is 0 Å². The van der Waals surface area contributed by atoms with E-state index in [0.29, 0.717) is 0 Å². The van der Waals surface area contributed by atoms with Crippen LogP contribution in [-0.4, -0.2) is 0 Å². The minimum Gasteiger partial charge on any atom is -0.693 e. The first-order valence-corrected chi connectivity index (χ1v) is 0. The van der Waals surface area contributed by atoms with Crippen molar-refractivity contribution in [3.63, 3.8) is 0 Å². The fourth-order valence-electron chi connectivity index (χ4n) is 0. The minimum absolute atomic E-state index is 0. The van der Waals surface area contributed by atoms with Crippen LogP contribution in [0.15, 0.2) is 0 Å². The van der Waals surface area contributed by atoms with E-state index >= 15 is 0 Å². The molecule has 0 heterocycles. The van der Waals surface area contributed by atoms with Crippen LogP contribution in [0.3, 0.4) is 0 Å². The van der Waals surface area contributed by atoms with Crippen LogP contribution in [0.2, 0.25) is 0 Å². The van der Waals surface area contributed by atoms with Crippen molar-refractivity contribution in [2.75, 3.05) is 0 Å². The van der Waals surface area contributed by atoms with E-state index in [4.69, 9.17) is 0 Å². The zero-order chi connectivity index (χ0) is 0. The van der Waals surface area contributed by atoms with Crippen LogP contribution in [0.1, 0.15) is 0 Å². The van der Waals surface area contributed by atoms with Gasteiger partial charge in [-0.05, 0) is 0 Å². The Bertz CT molecular complexity index is 9.65. The second kappa shape index (κ2) is 224. The largest absolute Gasteiger partial charge is 0.693 e.